The third kappa shape index (κ3) is 8.13. The molecule has 0 aromatic heterocycles. The number of rotatable bonds is 12. The van der Waals surface area contributed by atoms with E-state index in [-0.39, 0.29) is 12.1 Å². The van der Waals surface area contributed by atoms with Crippen molar-refractivity contribution in [2.45, 2.75) is 70.9 Å². The van der Waals surface area contributed by atoms with E-state index in [0.29, 0.717) is 13.0 Å². The van der Waals surface area contributed by atoms with Crippen LogP contribution >= 0.6 is 0 Å². The molecule has 0 bridgehead atoms. The molecule has 2 rings (SSSR count). The number of hydrogen-bond donors (Lipinski definition) is 2. The Labute approximate surface area is 180 Å². The van der Waals surface area contributed by atoms with Gasteiger partial charge in [-0.1, -0.05) is 18.6 Å². The van der Waals surface area contributed by atoms with Gasteiger partial charge >= 0.3 is 5.97 Å². The molecule has 7 nitrogen and oxygen atoms in total. The summed E-state index contributed by atoms with van der Waals surface area (Å²) in [7, 11) is 3.10. The summed E-state index contributed by atoms with van der Waals surface area (Å²) in [4.78, 5) is 15.9. The fraction of sp³-hybridized carbons (Fsp3) is 0.652. The van der Waals surface area contributed by atoms with Gasteiger partial charge < -0.3 is 24.8 Å². The molecule has 30 heavy (non-hydrogen) atoms. The van der Waals surface area contributed by atoms with Gasteiger partial charge in [-0.05, 0) is 51.5 Å². The summed E-state index contributed by atoms with van der Waals surface area (Å²) in [5, 5.41) is 6.65. The Bertz CT molecular complexity index is 672. The highest BCUT2D eigenvalue weighted by Crippen LogP contribution is 2.35. The molecule has 2 N–H and O–H groups in total. The summed E-state index contributed by atoms with van der Waals surface area (Å²) in [6, 6.07) is 5.97. The first kappa shape index (κ1) is 23.8. The van der Waals surface area contributed by atoms with Crippen LogP contribution in [0.1, 0.15) is 63.9 Å². The van der Waals surface area contributed by atoms with E-state index in [0.717, 1.165) is 68.2 Å². The second kappa shape index (κ2) is 13.7. The highest BCUT2D eigenvalue weighted by Gasteiger charge is 2.20. The zero-order valence-corrected chi connectivity index (χ0v) is 18.7. The Morgan fingerprint density at radius 2 is 1.93 bits per heavy atom. The van der Waals surface area contributed by atoms with E-state index >= 15 is 0 Å². The Morgan fingerprint density at radius 1 is 1.13 bits per heavy atom. The summed E-state index contributed by atoms with van der Waals surface area (Å²) in [6.07, 6.45) is 8.16. The summed E-state index contributed by atoms with van der Waals surface area (Å²) < 4.78 is 16.5. The third-order valence-corrected chi connectivity index (χ3v) is 5.20. The lowest BCUT2D eigenvalue weighted by molar-refractivity contribution is -0.140. The normalized spacial score (nSPS) is 14.4. The third-order valence-electron chi connectivity index (χ3n) is 5.20. The quantitative estimate of drug-likeness (QED) is 0.232. The van der Waals surface area contributed by atoms with Gasteiger partial charge in [-0.2, -0.15) is 0 Å². The van der Waals surface area contributed by atoms with Crippen LogP contribution in [0.2, 0.25) is 0 Å². The number of benzene rings is 1. The minimum absolute atomic E-state index is 0.147. The number of nitrogens with zero attached hydrogens (tertiary/aromatic N) is 1. The van der Waals surface area contributed by atoms with Crippen LogP contribution in [-0.2, 0) is 16.1 Å². The number of unbranched alkanes of at least 4 members (excludes halogenated alkanes) is 2. The van der Waals surface area contributed by atoms with Gasteiger partial charge in [-0.15, -0.1) is 0 Å². The molecule has 1 saturated carbocycles. The number of hydrogen-bond acceptors (Lipinski definition) is 5. The van der Waals surface area contributed by atoms with Crippen molar-refractivity contribution in [3.63, 3.8) is 0 Å². The minimum Gasteiger partial charge on any atom is -0.493 e. The molecule has 0 amide bonds. The van der Waals surface area contributed by atoms with Crippen LogP contribution in [0.5, 0.6) is 11.5 Å². The van der Waals surface area contributed by atoms with Crippen LogP contribution in [0, 0.1) is 0 Å². The molecule has 0 atom stereocenters. The molecular weight excluding hydrogens is 382 g/mol. The zero-order valence-electron chi connectivity index (χ0n) is 18.7. The summed E-state index contributed by atoms with van der Waals surface area (Å²) >= 11 is 0. The van der Waals surface area contributed by atoms with Gasteiger partial charge in [0.25, 0.3) is 0 Å². The number of para-hydroxylation sites is 1. The number of esters is 1. The number of guanidine groups is 1. The number of carbonyl (C=O) groups excluding carboxylic acids is 1. The molecule has 0 spiro atoms. The smallest absolute Gasteiger partial charge is 0.305 e. The number of ether oxygens (including phenoxy) is 3. The first-order chi connectivity index (χ1) is 14.7. The highest BCUT2D eigenvalue weighted by molar-refractivity contribution is 5.79. The molecule has 1 aromatic rings. The SMILES string of the molecule is CCNC(=NCc1cccc(OC)c1OC1CCCC1)NCCCCCC(=O)OC. The predicted octanol–water partition coefficient (Wildman–Crippen LogP) is 3.81. The molecular formula is C23H37N3O4. The van der Waals surface area contributed by atoms with Crippen LogP contribution in [0.15, 0.2) is 23.2 Å². The lowest BCUT2D eigenvalue weighted by Crippen LogP contribution is -2.37. The summed E-state index contributed by atoms with van der Waals surface area (Å²) in [5.41, 5.74) is 1.02. The van der Waals surface area contributed by atoms with Crippen molar-refractivity contribution in [3.05, 3.63) is 23.8 Å². The van der Waals surface area contributed by atoms with Gasteiger partial charge in [0.15, 0.2) is 17.5 Å². The second-order valence-electron chi connectivity index (χ2n) is 7.48. The molecule has 7 heteroatoms. The van der Waals surface area contributed by atoms with Crippen LogP contribution in [-0.4, -0.2) is 45.3 Å². The predicted molar refractivity (Wildman–Crippen MR) is 119 cm³/mol. The summed E-state index contributed by atoms with van der Waals surface area (Å²) in [6.45, 7) is 4.15. The zero-order chi connectivity index (χ0) is 21.6. The van der Waals surface area contributed by atoms with E-state index in [9.17, 15) is 4.79 Å². The molecule has 168 valence electrons. The Kier molecular flexibility index (Phi) is 10.9. The number of carbonyl (C=O) groups is 1. The Morgan fingerprint density at radius 3 is 2.63 bits per heavy atom. The topological polar surface area (TPSA) is 81.2 Å². The van der Waals surface area contributed by atoms with E-state index in [1.54, 1.807) is 7.11 Å². The molecule has 0 aliphatic heterocycles. The molecule has 0 heterocycles. The van der Waals surface area contributed by atoms with Crippen LogP contribution < -0.4 is 20.1 Å². The van der Waals surface area contributed by atoms with Crippen LogP contribution in [0.4, 0.5) is 0 Å². The van der Waals surface area contributed by atoms with Gasteiger partial charge in [0.2, 0.25) is 0 Å². The average molecular weight is 420 g/mol. The molecule has 0 unspecified atom stereocenters. The van der Waals surface area contributed by atoms with Gasteiger partial charge in [-0.25, -0.2) is 4.99 Å². The maximum atomic E-state index is 11.2. The van der Waals surface area contributed by atoms with Crippen molar-refractivity contribution in [1.82, 2.24) is 10.6 Å². The fourth-order valence-corrected chi connectivity index (χ4v) is 3.54. The molecule has 1 aliphatic rings. The highest BCUT2D eigenvalue weighted by atomic mass is 16.5. The molecule has 0 radical (unpaired) electrons. The van der Waals surface area contributed by atoms with Crippen LogP contribution in [0.25, 0.3) is 0 Å². The average Bonchev–Trinajstić information content (AvgIpc) is 3.27. The van der Waals surface area contributed by atoms with Gasteiger partial charge in [-0.3, -0.25) is 4.79 Å². The number of aliphatic imine (C=N–C) groups is 1. The van der Waals surface area contributed by atoms with Crippen molar-refractivity contribution in [3.8, 4) is 11.5 Å². The van der Waals surface area contributed by atoms with Crippen molar-refractivity contribution in [2.75, 3.05) is 27.3 Å². The molecule has 1 fully saturated rings. The van der Waals surface area contributed by atoms with Crippen molar-refractivity contribution in [1.29, 1.82) is 0 Å². The first-order valence-electron chi connectivity index (χ1n) is 11.1. The van der Waals surface area contributed by atoms with E-state index in [4.69, 9.17) is 14.5 Å². The van der Waals surface area contributed by atoms with Gasteiger partial charge in [0, 0.05) is 25.1 Å². The maximum Gasteiger partial charge on any atom is 0.305 e. The van der Waals surface area contributed by atoms with Crippen LogP contribution in [0.3, 0.4) is 0 Å². The monoisotopic (exact) mass is 419 g/mol. The molecule has 1 aromatic carbocycles. The van der Waals surface area contributed by atoms with E-state index in [1.165, 1.54) is 20.0 Å². The lowest BCUT2D eigenvalue weighted by Gasteiger charge is -2.19. The summed E-state index contributed by atoms with van der Waals surface area (Å²) in [5.74, 6) is 2.21. The van der Waals surface area contributed by atoms with Crippen molar-refractivity contribution in [2.24, 2.45) is 4.99 Å². The second-order valence-corrected chi connectivity index (χ2v) is 7.48. The minimum atomic E-state index is -0.147. The van der Waals surface area contributed by atoms with Gasteiger partial charge in [0.1, 0.15) is 0 Å². The van der Waals surface area contributed by atoms with Crippen molar-refractivity contribution >= 4 is 11.9 Å². The standard InChI is InChI=1S/C23H37N3O4/c1-4-24-23(25-16-9-5-6-15-21(27)29-3)26-17-18-11-10-14-20(28-2)22(18)30-19-12-7-8-13-19/h10-11,14,19H,4-9,12-13,15-17H2,1-3H3,(H2,24,25,26). The molecule has 0 saturated heterocycles. The Hall–Kier alpha value is -2.44. The van der Waals surface area contributed by atoms with E-state index in [2.05, 4.69) is 15.4 Å². The Balaban J connectivity index is 1.92. The van der Waals surface area contributed by atoms with E-state index < -0.39 is 0 Å². The lowest BCUT2D eigenvalue weighted by atomic mass is 10.1. The molecule has 1 aliphatic carbocycles. The maximum absolute atomic E-state index is 11.2. The van der Waals surface area contributed by atoms with Gasteiger partial charge in [0.05, 0.1) is 26.9 Å². The van der Waals surface area contributed by atoms with E-state index in [1.807, 2.05) is 25.1 Å². The number of nitrogens with one attached hydrogen (secondary N) is 2. The fourth-order valence-electron chi connectivity index (χ4n) is 3.54. The largest absolute Gasteiger partial charge is 0.493 e. The number of methoxy groups -OCH3 is 2. The van der Waals surface area contributed by atoms with Crippen molar-refractivity contribution < 1.29 is 19.0 Å². The first-order valence-corrected chi connectivity index (χ1v) is 11.1.